The zero-order valence-corrected chi connectivity index (χ0v) is 12.4. The molecule has 6 rings (SSSR count). The SMILES string of the molecule is O=C1[C@H]2[C@H]3[C@@H]([C@@H]4C[C@@H]2[C@]3(Br)C42OCCO2)C12OCCO2. The number of carbonyl (C=O) groups is 1. The topological polar surface area (TPSA) is 54.0 Å². The van der Waals surface area contributed by atoms with Crippen molar-refractivity contribution in [3.05, 3.63) is 0 Å². The molecular formula is C14H15BrO5. The number of halogens is 1. The normalized spacial score (nSPS) is 59.0. The van der Waals surface area contributed by atoms with E-state index in [0.717, 1.165) is 6.42 Å². The van der Waals surface area contributed by atoms with Crippen LogP contribution in [0.5, 0.6) is 0 Å². The lowest BCUT2D eigenvalue weighted by molar-refractivity contribution is -0.224. The van der Waals surface area contributed by atoms with Gasteiger partial charge in [-0.05, 0) is 18.3 Å². The highest BCUT2D eigenvalue weighted by atomic mass is 79.9. The summed E-state index contributed by atoms with van der Waals surface area (Å²) >= 11 is 3.95. The summed E-state index contributed by atoms with van der Waals surface area (Å²) in [6.07, 6.45) is 0.983. The number of hydrogen-bond donors (Lipinski definition) is 0. The highest BCUT2D eigenvalue weighted by molar-refractivity contribution is 9.10. The molecule has 2 spiro atoms. The zero-order valence-electron chi connectivity index (χ0n) is 10.8. The Balaban J connectivity index is 1.57. The van der Waals surface area contributed by atoms with Gasteiger partial charge in [0.25, 0.3) is 0 Å². The van der Waals surface area contributed by atoms with Gasteiger partial charge in [0.05, 0.1) is 30.8 Å². The Morgan fingerprint density at radius 1 is 0.950 bits per heavy atom. The molecule has 0 aromatic rings. The molecule has 5 nitrogen and oxygen atoms in total. The second kappa shape index (κ2) is 3.04. The largest absolute Gasteiger partial charge is 0.346 e. The van der Waals surface area contributed by atoms with Crippen LogP contribution in [0.4, 0.5) is 0 Å². The van der Waals surface area contributed by atoms with Gasteiger partial charge in [-0.3, -0.25) is 4.79 Å². The second-order valence-electron chi connectivity index (χ2n) is 6.89. The predicted octanol–water partition coefficient (Wildman–Crippen LogP) is 0.701. The summed E-state index contributed by atoms with van der Waals surface area (Å²) in [5, 5.41) is 0. The Hall–Kier alpha value is -0.0100. The first-order valence-corrected chi connectivity index (χ1v) is 8.25. The molecule has 6 atom stereocenters. The van der Waals surface area contributed by atoms with Crippen molar-refractivity contribution in [1.82, 2.24) is 0 Å². The smallest absolute Gasteiger partial charge is 0.233 e. The number of hydrogen-bond acceptors (Lipinski definition) is 5. The Bertz CT molecular complexity index is 538. The van der Waals surface area contributed by atoms with Gasteiger partial charge in [-0.25, -0.2) is 0 Å². The Kier molecular flexibility index (Phi) is 1.75. The maximum absolute atomic E-state index is 12.8. The van der Waals surface area contributed by atoms with Crippen LogP contribution in [-0.2, 0) is 23.7 Å². The number of Topliss-reactive ketones (excluding diaryl/α,β-unsaturated/α-hetero) is 1. The van der Waals surface area contributed by atoms with E-state index in [-0.39, 0.29) is 33.8 Å². The van der Waals surface area contributed by atoms with Gasteiger partial charge in [-0.1, -0.05) is 15.9 Å². The third-order valence-electron chi connectivity index (χ3n) is 6.71. The van der Waals surface area contributed by atoms with Gasteiger partial charge in [0.1, 0.15) is 0 Å². The van der Waals surface area contributed by atoms with Gasteiger partial charge in [-0.2, -0.15) is 0 Å². The number of ether oxygens (including phenoxy) is 4. The molecule has 0 radical (unpaired) electrons. The van der Waals surface area contributed by atoms with E-state index in [0.29, 0.717) is 32.3 Å². The maximum Gasteiger partial charge on any atom is 0.233 e. The molecule has 4 aliphatic carbocycles. The van der Waals surface area contributed by atoms with Crippen LogP contribution < -0.4 is 0 Å². The maximum atomic E-state index is 12.8. The molecule has 2 bridgehead atoms. The van der Waals surface area contributed by atoms with Gasteiger partial charge >= 0.3 is 0 Å². The first kappa shape index (κ1) is 11.5. The van der Waals surface area contributed by atoms with Crippen LogP contribution in [0.1, 0.15) is 6.42 Å². The number of alkyl halides is 1. The van der Waals surface area contributed by atoms with E-state index in [2.05, 4.69) is 15.9 Å². The van der Waals surface area contributed by atoms with Crippen LogP contribution in [0.2, 0.25) is 0 Å². The lowest BCUT2D eigenvalue weighted by atomic mass is 9.55. The summed E-state index contributed by atoms with van der Waals surface area (Å²) in [5.41, 5.74) is 0. The van der Waals surface area contributed by atoms with E-state index in [1.165, 1.54) is 0 Å². The molecule has 20 heavy (non-hydrogen) atoms. The average Bonchev–Trinajstić information content (AvgIpc) is 3.20. The Labute approximate surface area is 124 Å². The third-order valence-corrected chi connectivity index (χ3v) is 8.38. The zero-order chi connectivity index (χ0) is 13.3. The fraction of sp³-hybridized carbons (Fsp3) is 0.929. The third kappa shape index (κ3) is 0.792. The van der Waals surface area contributed by atoms with Crippen LogP contribution in [0.15, 0.2) is 0 Å². The molecule has 2 saturated heterocycles. The van der Waals surface area contributed by atoms with Gasteiger partial charge in [0.2, 0.25) is 5.79 Å². The summed E-state index contributed by atoms with van der Waals surface area (Å²) in [7, 11) is 0. The van der Waals surface area contributed by atoms with Crippen LogP contribution in [0.25, 0.3) is 0 Å². The molecule has 0 unspecified atom stereocenters. The minimum atomic E-state index is -0.997. The van der Waals surface area contributed by atoms with Crippen molar-refractivity contribution in [3.8, 4) is 0 Å². The minimum Gasteiger partial charge on any atom is -0.346 e. The molecular weight excluding hydrogens is 328 g/mol. The lowest BCUT2D eigenvalue weighted by Gasteiger charge is -2.54. The Morgan fingerprint density at radius 3 is 2.30 bits per heavy atom. The highest BCUT2D eigenvalue weighted by Gasteiger charge is 2.94. The fourth-order valence-electron chi connectivity index (χ4n) is 6.41. The standard InChI is InChI=1S/C14H15BrO5/c15-12-6-5-7(14(12)19-3-4-20-14)9-10(12)8(6)11(16)13(9)17-1-2-18-13/h6-10H,1-5H2/t6-,7-,8+,9+,10-,12+/m0/s1. The van der Waals surface area contributed by atoms with Crippen molar-refractivity contribution in [2.24, 2.45) is 29.6 Å². The molecule has 2 heterocycles. The van der Waals surface area contributed by atoms with Gasteiger partial charge in [0, 0.05) is 17.8 Å². The number of rotatable bonds is 0. The van der Waals surface area contributed by atoms with E-state index in [1.807, 2.05) is 0 Å². The fourth-order valence-corrected chi connectivity index (χ4v) is 7.98. The van der Waals surface area contributed by atoms with Crippen LogP contribution in [0, 0.1) is 29.6 Å². The molecule has 4 saturated carbocycles. The first-order chi connectivity index (χ1) is 9.67. The molecule has 2 aliphatic heterocycles. The van der Waals surface area contributed by atoms with Gasteiger partial charge in [0.15, 0.2) is 11.6 Å². The van der Waals surface area contributed by atoms with Crippen LogP contribution in [-0.4, -0.2) is 48.1 Å². The van der Waals surface area contributed by atoms with Gasteiger partial charge in [-0.15, -0.1) is 0 Å². The predicted molar refractivity (Wildman–Crippen MR) is 68.0 cm³/mol. The summed E-state index contributed by atoms with van der Waals surface area (Å²) < 4.78 is 23.7. The van der Waals surface area contributed by atoms with Crippen molar-refractivity contribution in [1.29, 1.82) is 0 Å². The molecule has 6 fully saturated rings. The minimum absolute atomic E-state index is 0.0703. The van der Waals surface area contributed by atoms with Crippen molar-refractivity contribution < 1.29 is 23.7 Å². The van der Waals surface area contributed by atoms with Crippen molar-refractivity contribution in [2.45, 2.75) is 22.3 Å². The van der Waals surface area contributed by atoms with Gasteiger partial charge < -0.3 is 18.9 Å². The van der Waals surface area contributed by atoms with Crippen LogP contribution in [0.3, 0.4) is 0 Å². The number of ketones is 1. The van der Waals surface area contributed by atoms with E-state index >= 15 is 0 Å². The Morgan fingerprint density at radius 2 is 1.60 bits per heavy atom. The summed E-state index contributed by atoms with van der Waals surface area (Å²) in [4.78, 5) is 12.8. The molecule has 0 amide bonds. The van der Waals surface area contributed by atoms with Crippen LogP contribution >= 0.6 is 15.9 Å². The molecule has 0 N–H and O–H groups in total. The summed E-state index contributed by atoms with van der Waals surface area (Å²) in [6, 6.07) is 0. The quantitative estimate of drug-likeness (QED) is 0.606. The molecule has 6 aliphatic rings. The molecule has 6 heteroatoms. The van der Waals surface area contributed by atoms with E-state index in [9.17, 15) is 4.79 Å². The first-order valence-electron chi connectivity index (χ1n) is 7.46. The van der Waals surface area contributed by atoms with Crippen molar-refractivity contribution >= 4 is 21.7 Å². The summed E-state index contributed by atoms with van der Waals surface area (Å²) in [5.74, 6) is -0.441. The van der Waals surface area contributed by atoms with Crippen molar-refractivity contribution in [2.75, 3.05) is 26.4 Å². The summed E-state index contributed by atoms with van der Waals surface area (Å²) in [6.45, 7) is 2.32. The van der Waals surface area contributed by atoms with E-state index < -0.39 is 11.6 Å². The highest BCUT2D eigenvalue weighted by Crippen LogP contribution is 2.85. The molecule has 0 aromatic heterocycles. The van der Waals surface area contributed by atoms with E-state index in [1.54, 1.807) is 0 Å². The lowest BCUT2D eigenvalue weighted by Crippen LogP contribution is -2.64. The number of fused-ring (bicyclic) bond motifs is 3. The molecule has 108 valence electrons. The van der Waals surface area contributed by atoms with Crippen molar-refractivity contribution in [3.63, 3.8) is 0 Å². The average molecular weight is 343 g/mol. The molecule has 0 aromatic carbocycles. The monoisotopic (exact) mass is 342 g/mol. The number of carbonyl (C=O) groups excluding carboxylic acids is 1. The van der Waals surface area contributed by atoms with E-state index in [4.69, 9.17) is 18.9 Å². The second-order valence-corrected chi connectivity index (χ2v) is 8.20.